The van der Waals surface area contributed by atoms with E-state index in [2.05, 4.69) is 159 Å². The summed E-state index contributed by atoms with van der Waals surface area (Å²) in [5, 5.41) is 0. The Hall–Kier alpha value is -4.42. The zero-order valence-electron chi connectivity index (χ0n) is 22.9. The highest BCUT2D eigenvalue weighted by Gasteiger charge is 2.04. The van der Waals surface area contributed by atoms with Crippen LogP contribution in [0.25, 0.3) is 50.1 Å². The maximum absolute atomic E-state index is 2.21. The molecule has 5 aromatic rings. The van der Waals surface area contributed by atoms with Gasteiger partial charge in [0.25, 0.3) is 0 Å². The first-order chi connectivity index (χ1) is 18.7. The van der Waals surface area contributed by atoms with Gasteiger partial charge in [-0.1, -0.05) is 159 Å². The Balaban J connectivity index is 0.00000164. The van der Waals surface area contributed by atoms with Crippen molar-refractivity contribution in [2.45, 2.75) is 27.7 Å². The molecule has 0 aliphatic carbocycles. The van der Waals surface area contributed by atoms with Gasteiger partial charge in [-0.25, -0.2) is 0 Å². The largest absolute Gasteiger partial charge is 0.0871 e. The summed E-state index contributed by atoms with van der Waals surface area (Å²) in [7, 11) is 0. The van der Waals surface area contributed by atoms with Gasteiger partial charge in [0.2, 0.25) is 0 Å². The predicted molar refractivity (Wildman–Crippen MR) is 168 cm³/mol. The third kappa shape index (κ3) is 6.28. The summed E-state index contributed by atoms with van der Waals surface area (Å²) in [5.41, 5.74) is 12.4. The molecule has 0 aliphatic heterocycles. The van der Waals surface area contributed by atoms with E-state index in [-0.39, 0.29) is 0 Å². The van der Waals surface area contributed by atoms with E-state index in [1.807, 2.05) is 13.8 Å². The number of hydrogen-bond acceptors (Lipinski definition) is 0. The van der Waals surface area contributed by atoms with Gasteiger partial charge in [0.15, 0.2) is 0 Å². The van der Waals surface area contributed by atoms with Crippen molar-refractivity contribution < 1.29 is 0 Å². The first-order valence-electron chi connectivity index (χ1n) is 13.5. The van der Waals surface area contributed by atoms with Gasteiger partial charge < -0.3 is 0 Å². The van der Waals surface area contributed by atoms with Gasteiger partial charge in [-0.3, -0.25) is 0 Å². The second-order valence-electron chi connectivity index (χ2n) is 8.92. The fourth-order valence-electron chi connectivity index (χ4n) is 4.59. The van der Waals surface area contributed by atoms with Crippen LogP contribution in [0.3, 0.4) is 0 Å². The van der Waals surface area contributed by atoms with E-state index >= 15 is 0 Å². The van der Waals surface area contributed by atoms with E-state index in [1.54, 1.807) is 0 Å². The molecular weight excluding hydrogens is 456 g/mol. The zero-order chi connectivity index (χ0) is 26.7. The molecule has 0 spiro atoms. The smallest absolute Gasteiger partial charge is 0.0184 e. The van der Waals surface area contributed by atoms with Crippen molar-refractivity contribution in [2.24, 2.45) is 0 Å². The Morgan fingerprint density at radius 1 is 0.395 bits per heavy atom. The fraction of sp³-hybridized carbons (Fsp3) is 0.105. The maximum Gasteiger partial charge on any atom is -0.0184 e. The van der Waals surface area contributed by atoms with Gasteiger partial charge in [-0.2, -0.15) is 0 Å². The van der Waals surface area contributed by atoms with E-state index in [1.165, 1.54) is 55.6 Å². The number of benzene rings is 5. The second kappa shape index (κ2) is 13.2. The molecule has 0 amide bonds. The van der Waals surface area contributed by atoms with Crippen LogP contribution in [0.15, 0.2) is 146 Å². The van der Waals surface area contributed by atoms with Crippen molar-refractivity contribution in [1.82, 2.24) is 0 Å². The molecule has 38 heavy (non-hydrogen) atoms. The van der Waals surface area contributed by atoms with Crippen LogP contribution in [0.2, 0.25) is 0 Å². The van der Waals surface area contributed by atoms with E-state index in [9.17, 15) is 0 Å². The van der Waals surface area contributed by atoms with E-state index in [0.29, 0.717) is 0 Å². The van der Waals surface area contributed by atoms with Crippen molar-refractivity contribution in [2.75, 3.05) is 0 Å². The van der Waals surface area contributed by atoms with Gasteiger partial charge in [-0.05, 0) is 69.5 Å². The topological polar surface area (TPSA) is 0 Å². The molecule has 5 aromatic carbocycles. The lowest BCUT2D eigenvalue weighted by molar-refractivity contribution is 1.50. The Morgan fingerprint density at radius 3 is 0.974 bits per heavy atom. The summed E-state index contributed by atoms with van der Waals surface area (Å²) >= 11 is 0. The first kappa shape index (κ1) is 26.6. The number of rotatable bonds is 6. The van der Waals surface area contributed by atoms with Crippen molar-refractivity contribution in [1.29, 1.82) is 0 Å². The monoisotopic (exact) mass is 492 g/mol. The molecular formula is C38H36. The van der Waals surface area contributed by atoms with Crippen LogP contribution in [0, 0.1) is 0 Å². The molecule has 0 heteroatoms. The summed E-state index contributed by atoms with van der Waals surface area (Å²) in [6.07, 6.45) is 6.37. The van der Waals surface area contributed by atoms with Gasteiger partial charge in [0.05, 0.1) is 0 Å². The van der Waals surface area contributed by atoms with Crippen molar-refractivity contribution in [3.63, 3.8) is 0 Å². The van der Waals surface area contributed by atoms with Gasteiger partial charge in [0, 0.05) is 0 Å². The van der Waals surface area contributed by atoms with Crippen molar-refractivity contribution >= 4 is 5.57 Å². The molecule has 0 atom stereocenters. The molecule has 0 heterocycles. The standard InChI is InChI=1S/C36H30.C2H6/c1-3-8-27(4-2)29-11-13-31(14-12-29)33-19-21-35(22-20-33)36-25-23-34(24-26-36)32-17-15-30(16-18-32)28-9-6-5-7-10-28;1-2/h3-26H,1-2H3;1-2H3/b8-3-,27-4+;. The molecule has 0 saturated carbocycles. The molecule has 0 aromatic heterocycles. The highest BCUT2D eigenvalue weighted by Crippen LogP contribution is 2.29. The third-order valence-corrected chi connectivity index (χ3v) is 6.64. The summed E-state index contributed by atoms with van der Waals surface area (Å²) in [6.45, 7) is 8.13. The quantitative estimate of drug-likeness (QED) is 0.207. The van der Waals surface area contributed by atoms with Crippen LogP contribution < -0.4 is 0 Å². The van der Waals surface area contributed by atoms with E-state index in [0.717, 1.165) is 0 Å². The Bertz CT molecular complexity index is 1460. The number of allylic oxidation sites excluding steroid dienone is 4. The molecule has 0 nitrogen and oxygen atoms in total. The van der Waals surface area contributed by atoms with Gasteiger partial charge >= 0.3 is 0 Å². The minimum Gasteiger partial charge on any atom is -0.0871 e. The molecule has 188 valence electrons. The second-order valence-corrected chi connectivity index (χ2v) is 8.92. The van der Waals surface area contributed by atoms with Gasteiger partial charge in [-0.15, -0.1) is 0 Å². The normalized spacial score (nSPS) is 11.2. The summed E-state index contributed by atoms with van der Waals surface area (Å²) in [5.74, 6) is 0. The molecule has 0 fully saturated rings. The molecule has 5 rings (SSSR count). The Morgan fingerprint density at radius 2 is 0.684 bits per heavy atom. The molecule has 0 unspecified atom stereocenters. The summed E-state index contributed by atoms with van der Waals surface area (Å²) in [6, 6.07) is 45.8. The fourth-order valence-corrected chi connectivity index (χ4v) is 4.59. The average molecular weight is 493 g/mol. The molecule has 0 bridgehead atoms. The van der Waals surface area contributed by atoms with Crippen LogP contribution >= 0.6 is 0 Å². The maximum atomic E-state index is 2.21. The number of hydrogen-bond donors (Lipinski definition) is 0. The lowest BCUT2D eigenvalue weighted by Gasteiger charge is -2.09. The predicted octanol–water partition coefficient (Wildman–Crippen LogP) is 11.4. The van der Waals surface area contributed by atoms with Crippen molar-refractivity contribution in [3.8, 4) is 44.5 Å². The lowest BCUT2D eigenvalue weighted by atomic mass is 9.96. The summed E-state index contributed by atoms with van der Waals surface area (Å²) in [4.78, 5) is 0. The van der Waals surface area contributed by atoms with Crippen LogP contribution in [0.1, 0.15) is 33.3 Å². The van der Waals surface area contributed by atoms with Gasteiger partial charge in [0.1, 0.15) is 0 Å². The lowest BCUT2D eigenvalue weighted by Crippen LogP contribution is -1.84. The minimum atomic E-state index is 1.23. The van der Waals surface area contributed by atoms with E-state index < -0.39 is 0 Å². The molecule has 0 saturated heterocycles. The van der Waals surface area contributed by atoms with Crippen LogP contribution in [0.5, 0.6) is 0 Å². The molecule has 0 N–H and O–H groups in total. The summed E-state index contributed by atoms with van der Waals surface area (Å²) < 4.78 is 0. The highest BCUT2D eigenvalue weighted by atomic mass is 14.1. The third-order valence-electron chi connectivity index (χ3n) is 6.64. The highest BCUT2D eigenvalue weighted by molar-refractivity contribution is 5.77. The Kier molecular flexibility index (Phi) is 9.27. The SMILES string of the molecule is C/C=C\C(=C/C)c1ccc(-c2ccc(-c3ccc(-c4ccc(-c5ccccc5)cc4)cc3)cc2)cc1.CC. The van der Waals surface area contributed by atoms with Crippen molar-refractivity contribution in [3.05, 3.63) is 151 Å². The first-order valence-corrected chi connectivity index (χ1v) is 13.5. The van der Waals surface area contributed by atoms with Crippen LogP contribution in [-0.2, 0) is 0 Å². The molecule has 0 radical (unpaired) electrons. The zero-order valence-corrected chi connectivity index (χ0v) is 22.9. The minimum absolute atomic E-state index is 1.23. The Labute approximate surface area is 228 Å². The van der Waals surface area contributed by atoms with E-state index in [4.69, 9.17) is 0 Å². The van der Waals surface area contributed by atoms with Crippen LogP contribution in [-0.4, -0.2) is 0 Å². The van der Waals surface area contributed by atoms with Crippen LogP contribution in [0.4, 0.5) is 0 Å². The average Bonchev–Trinajstić information content (AvgIpc) is 3.02. The molecule has 0 aliphatic rings.